The van der Waals surface area contributed by atoms with Crippen molar-refractivity contribution in [2.45, 2.75) is 19.3 Å². The van der Waals surface area contributed by atoms with Gasteiger partial charge in [-0.1, -0.05) is 17.7 Å². The van der Waals surface area contributed by atoms with Crippen LogP contribution in [0.2, 0.25) is 5.02 Å². The van der Waals surface area contributed by atoms with E-state index in [9.17, 15) is 0 Å². The predicted molar refractivity (Wildman–Crippen MR) is 67.2 cm³/mol. The van der Waals surface area contributed by atoms with Crippen molar-refractivity contribution in [2.75, 3.05) is 19.7 Å². The minimum Gasteiger partial charge on any atom is -0.494 e. The molecule has 1 aliphatic rings. The number of halogens is 1. The second kappa shape index (κ2) is 6.12. The Labute approximate surface area is 102 Å². The topological polar surface area (TPSA) is 21.3 Å². The fraction of sp³-hybridized carbons (Fsp3) is 0.538. The zero-order valence-corrected chi connectivity index (χ0v) is 10.2. The lowest BCUT2D eigenvalue weighted by Crippen LogP contribution is -2.28. The van der Waals surface area contributed by atoms with Gasteiger partial charge in [0, 0.05) is 5.02 Å². The first-order valence-electron chi connectivity index (χ1n) is 5.94. The molecule has 0 atom stereocenters. The lowest BCUT2D eigenvalue weighted by Gasteiger charge is -2.22. The minimum absolute atomic E-state index is 0.736. The molecule has 88 valence electrons. The minimum atomic E-state index is 0.736. The van der Waals surface area contributed by atoms with E-state index in [2.05, 4.69) is 5.32 Å². The number of hydrogen-bond donors (Lipinski definition) is 1. The van der Waals surface area contributed by atoms with Gasteiger partial charge in [0.15, 0.2) is 0 Å². The molecule has 0 unspecified atom stereocenters. The molecule has 0 aromatic heterocycles. The summed E-state index contributed by atoms with van der Waals surface area (Å²) >= 11 is 5.88. The number of hydrogen-bond acceptors (Lipinski definition) is 2. The predicted octanol–water partition coefficient (Wildman–Crippen LogP) is 3.11. The molecule has 1 aliphatic heterocycles. The molecule has 0 bridgehead atoms. The van der Waals surface area contributed by atoms with E-state index in [-0.39, 0.29) is 0 Å². The van der Waals surface area contributed by atoms with Gasteiger partial charge in [-0.05, 0) is 56.5 Å². The number of rotatable bonds is 4. The first-order valence-corrected chi connectivity index (χ1v) is 6.31. The van der Waals surface area contributed by atoms with Crippen molar-refractivity contribution in [1.82, 2.24) is 5.32 Å². The normalized spacial score (nSPS) is 17.3. The maximum Gasteiger partial charge on any atom is 0.120 e. The van der Waals surface area contributed by atoms with E-state index >= 15 is 0 Å². The molecular formula is C13H18ClNO. The molecule has 1 fully saturated rings. The summed E-state index contributed by atoms with van der Waals surface area (Å²) in [6, 6.07) is 7.60. The molecule has 0 aliphatic carbocycles. The lowest BCUT2D eigenvalue weighted by molar-refractivity contribution is 0.252. The third-order valence-electron chi connectivity index (χ3n) is 3.05. The van der Waals surface area contributed by atoms with Gasteiger partial charge in [0.2, 0.25) is 0 Å². The van der Waals surface area contributed by atoms with Crippen molar-refractivity contribution in [3.8, 4) is 5.75 Å². The molecule has 3 heteroatoms. The zero-order chi connectivity index (χ0) is 11.2. The summed E-state index contributed by atoms with van der Waals surface area (Å²) < 4.78 is 5.68. The number of benzene rings is 1. The Kier molecular flexibility index (Phi) is 4.49. The standard InChI is InChI=1S/C13H18ClNO/c14-12-2-1-3-13(10-12)16-9-6-11-4-7-15-8-5-11/h1-3,10-11,15H,4-9H2. The fourth-order valence-corrected chi connectivity index (χ4v) is 2.25. The Bertz CT molecular complexity index is 323. The molecule has 2 nitrogen and oxygen atoms in total. The second-order valence-corrected chi connectivity index (χ2v) is 4.72. The largest absolute Gasteiger partial charge is 0.494 e. The highest BCUT2D eigenvalue weighted by atomic mass is 35.5. The third-order valence-corrected chi connectivity index (χ3v) is 3.28. The molecule has 0 radical (unpaired) electrons. The SMILES string of the molecule is Clc1cccc(OCCC2CCNCC2)c1. The van der Waals surface area contributed by atoms with E-state index < -0.39 is 0 Å². The van der Waals surface area contributed by atoms with E-state index in [0.29, 0.717) is 0 Å². The van der Waals surface area contributed by atoms with Crippen LogP contribution in [0.25, 0.3) is 0 Å². The van der Waals surface area contributed by atoms with Crippen LogP contribution in [0.5, 0.6) is 5.75 Å². The Hall–Kier alpha value is -0.730. The highest BCUT2D eigenvalue weighted by Gasteiger charge is 2.12. The molecule has 0 saturated carbocycles. The van der Waals surface area contributed by atoms with Crippen LogP contribution in [-0.4, -0.2) is 19.7 Å². The lowest BCUT2D eigenvalue weighted by atomic mass is 9.95. The van der Waals surface area contributed by atoms with Gasteiger partial charge in [-0.15, -0.1) is 0 Å². The number of ether oxygens (including phenoxy) is 1. The van der Waals surface area contributed by atoms with Gasteiger partial charge < -0.3 is 10.1 Å². The Morgan fingerprint density at radius 1 is 1.31 bits per heavy atom. The molecule has 1 saturated heterocycles. The van der Waals surface area contributed by atoms with E-state index in [1.807, 2.05) is 24.3 Å². The Morgan fingerprint density at radius 2 is 2.12 bits per heavy atom. The molecule has 16 heavy (non-hydrogen) atoms. The quantitative estimate of drug-likeness (QED) is 0.872. The van der Waals surface area contributed by atoms with Gasteiger partial charge >= 0.3 is 0 Å². The Morgan fingerprint density at radius 3 is 2.88 bits per heavy atom. The molecule has 1 aromatic rings. The molecule has 1 aromatic carbocycles. The van der Waals surface area contributed by atoms with Crippen molar-refractivity contribution in [3.63, 3.8) is 0 Å². The first-order chi connectivity index (χ1) is 7.84. The summed E-state index contributed by atoms with van der Waals surface area (Å²) in [6.07, 6.45) is 3.70. The van der Waals surface area contributed by atoms with Crippen LogP contribution in [0, 0.1) is 5.92 Å². The second-order valence-electron chi connectivity index (χ2n) is 4.29. The number of nitrogens with one attached hydrogen (secondary N) is 1. The Balaban J connectivity index is 1.71. The van der Waals surface area contributed by atoms with E-state index in [4.69, 9.17) is 16.3 Å². The van der Waals surface area contributed by atoms with E-state index in [1.54, 1.807) is 0 Å². The van der Waals surface area contributed by atoms with Gasteiger partial charge in [0.1, 0.15) is 5.75 Å². The summed E-state index contributed by atoms with van der Waals surface area (Å²) in [5.74, 6) is 1.70. The summed E-state index contributed by atoms with van der Waals surface area (Å²) in [5, 5.41) is 4.11. The van der Waals surface area contributed by atoms with Crippen LogP contribution < -0.4 is 10.1 Å². The molecule has 0 spiro atoms. The summed E-state index contributed by atoms with van der Waals surface area (Å²) in [6.45, 7) is 3.11. The van der Waals surface area contributed by atoms with Crippen LogP contribution >= 0.6 is 11.6 Å². The molecular weight excluding hydrogens is 222 g/mol. The van der Waals surface area contributed by atoms with Gasteiger partial charge in [0.05, 0.1) is 6.61 Å². The van der Waals surface area contributed by atoms with Crippen molar-refractivity contribution >= 4 is 11.6 Å². The zero-order valence-electron chi connectivity index (χ0n) is 9.42. The van der Waals surface area contributed by atoms with E-state index in [0.717, 1.165) is 42.8 Å². The molecule has 1 N–H and O–H groups in total. The fourth-order valence-electron chi connectivity index (χ4n) is 2.07. The van der Waals surface area contributed by atoms with Crippen molar-refractivity contribution in [1.29, 1.82) is 0 Å². The van der Waals surface area contributed by atoms with Gasteiger partial charge in [-0.25, -0.2) is 0 Å². The number of piperidine rings is 1. The average molecular weight is 240 g/mol. The highest BCUT2D eigenvalue weighted by molar-refractivity contribution is 6.30. The maximum atomic E-state index is 5.88. The van der Waals surface area contributed by atoms with Crippen LogP contribution in [-0.2, 0) is 0 Å². The van der Waals surface area contributed by atoms with E-state index in [1.165, 1.54) is 12.8 Å². The monoisotopic (exact) mass is 239 g/mol. The third kappa shape index (κ3) is 3.69. The van der Waals surface area contributed by atoms with Crippen LogP contribution in [0.1, 0.15) is 19.3 Å². The molecule has 0 amide bonds. The average Bonchev–Trinajstić information content (AvgIpc) is 2.30. The van der Waals surface area contributed by atoms with Gasteiger partial charge in [0.25, 0.3) is 0 Å². The van der Waals surface area contributed by atoms with Gasteiger partial charge in [-0.3, -0.25) is 0 Å². The molecule has 1 heterocycles. The first kappa shape index (κ1) is 11.7. The summed E-state index contributed by atoms with van der Waals surface area (Å²) in [7, 11) is 0. The van der Waals surface area contributed by atoms with Crippen molar-refractivity contribution in [3.05, 3.63) is 29.3 Å². The van der Waals surface area contributed by atoms with Crippen molar-refractivity contribution < 1.29 is 4.74 Å². The van der Waals surface area contributed by atoms with Crippen LogP contribution in [0.3, 0.4) is 0 Å². The maximum absolute atomic E-state index is 5.88. The van der Waals surface area contributed by atoms with Crippen LogP contribution in [0.15, 0.2) is 24.3 Å². The van der Waals surface area contributed by atoms with Crippen molar-refractivity contribution in [2.24, 2.45) is 5.92 Å². The smallest absolute Gasteiger partial charge is 0.120 e. The van der Waals surface area contributed by atoms with Gasteiger partial charge in [-0.2, -0.15) is 0 Å². The summed E-state index contributed by atoms with van der Waals surface area (Å²) in [5.41, 5.74) is 0. The summed E-state index contributed by atoms with van der Waals surface area (Å²) in [4.78, 5) is 0. The highest BCUT2D eigenvalue weighted by Crippen LogP contribution is 2.19. The van der Waals surface area contributed by atoms with Crippen LogP contribution in [0.4, 0.5) is 0 Å². The molecule has 2 rings (SSSR count).